The van der Waals surface area contributed by atoms with Gasteiger partial charge in [0.25, 0.3) is 11.8 Å². The molecule has 7 nitrogen and oxygen atoms in total. The topological polar surface area (TPSA) is 86.8 Å². The zero-order chi connectivity index (χ0) is 29.2. The van der Waals surface area contributed by atoms with Crippen molar-refractivity contribution in [3.05, 3.63) is 57.6 Å². The van der Waals surface area contributed by atoms with Gasteiger partial charge >= 0.3 is 5.92 Å². The van der Waals surface area contributed by atoms with Gasteiger partial charge in [0.05, 0.1) is 31.4 Å². The van der Waals surface area contributed by atoms with Gasteiger partial charge in [-0.05, 0) is 40.4 Å². The highest BCUT2D eigenvalue weighted by atomic mass is 35.5. The van der Waals surface area contributed by atoms with Gasteiger partial charge in [-0.3, -0.25) is 24.5 Å². The minimum atomic E-state index is -4.20. The molecule has 0 saturated carbocycles. The number of fused-ring (bicyclic) bond motifs is 1. The number of imide groups is 1. The van der Waals surface area contributed by atoms with Crippen LogP contribution in [0, 0.1) is 0 Å². The molecule has 2 heterocycles. The summed E-state index contributed by atoms with van der Waals surface area (Å²) >= 11 is 5.73. The van der Waals surface area contributed by atoms with Gasteiger partial charge in [-0.1, -0.05) is 40.7 Å². The molecule has 2 aliphatic rings. The maximum atomic E-state index is 15.0. The first-order chi connectivity index (χ1) is 17.9. The molecule has 0 aliphatic carbocycles. The van der Waals surface area contributed by atoms with Gasteiger partial charge < -0.3 is 9.71 Å². The van der Waals surface area contributed by atoms with Gasteiger partial charge in [0.1, 0.15) is 21.7 Å². The van der Waals surface area contributed by atoms with Gasteiger partial charge in [-0.15, -0.1) is 0 Å². The lowest BCUT2D eigenvalue weighted by Gasteiger charge is -2.43. The molecule has 14 radical (unpaired) electrons. The van der Waals surface area contributed by atoms with Crippen LogP contribution in [0.1, 0.15) is 39.9 Å². The molecule has 1 unspecified atom stereocenters. The van der Waals surface area contributed by atoms with E-state index in [0.717, 1.165) is 35.2 Å². The molecular weight excluding hydrogens is 519 g/mol. The van der Waals surface area contributed by atoms with Crippen molar-refractivity contribution < 1.29 is 28.0 Å². The number of benzene rings is 2. The fourth-order valence-corrected chi connectivity index (χ4v) is 4.70. The summed E-state index contributed by atoms with van der Waals surface area (Å²) in [5.74, 6) is -8.49. The number of rotatable bonds is 5. The monoisotopic (exact) mass is 531 g/mol. The number of piperidine rings is 1. The van der Waals surface area contributed by atoms with Gasteiger partial charge in [0.2, 0.25) is 19.8 Å². The zero-order valence-electron chi connectivity index (χ0n) is 20.1. The van der Waals surface area contributed by atoms with E-state index in [0.29, 0.717) is 0 Å². The number of nitrogens with one attached hydrogen (secondary N) is 1. The predicted octanol–water partition coefficient (Wildman–Crippen LogP) is -2.21. The summed E-state index contributed by atoms with van der Waals surface area (Å²) in [6.45, 7) is 0. The van der Waals surface area contributed by atoms with E-state index in [1.54, 1.807) is 0 Å². The Balaban J connectivity index is 1.76. The van der Waals surface area contributed by atoms with Crippen molar-refractivity contribution in [1.29, 1.82) is 0 Å². The summed E-state index contributed by atoms with van der Waals surface area (Å²) in [7, 11) is 42.6. The second-order valence-electron chi connectivity index (χ2n) is 9.22. The van der Waals surface area contributed by atoms with E-state index < -0.39 is 68.3 Å². The van der Waals surface area contributed by atoms with Gasteiger partial charge in [0.15, 0.2) is 0 Å². The molecule has 4 amide bonds. The molecule has 1 saturated heterocycles. The molecule has 0 spiro atoms. The number of carbonyl (C=O) groups is 4. The van der Waals surface area contributed by atoms with Crippen LogP contribution in [0.5, 0.6) is 0 Å². The summed E-state index contributed by atoms with van der Waals surface area (Å²) in [6, 6.07) is 3.85. The van der Waals surface area contributed by atoms with Crippen molar-refractivity contribution >= 4 is 101 Å². The Morgan fingerprint density at radius 3 is 2.26 bits per heavy atom. The summed E-state index contributed by atoms with van der Waals surface area (Å²) in [4.78, 5) is 50.9. The van der Waals surface area contributed by atoms with Crippen LogP contribution >= 0.6 is 11.6 Å². The lowest BCUT2D eigenvalue weighted by molar-refractivity contribution is -0.155. The molecule has 4 rings (SSSR count). The first-order valence-corrected chi connectivity index (χ1v) is 11.6. The molecule has 0 aromatic heterocycles. The second kappa shape index (κ2) is 9.64. The van der Waals surface area contributed by atoms with Crippen LogP contribution in [0.25, 0.3) is 0 Å². The Morgan fingerprint density at radius 1 is 1.10 bits per heavy atom. The molecule has 1 atom stereocenters. The maximum Gasteiger partial charge on any atom is 0.348 e. The van der Waals surface area contributed by atoms with Crippen LogP contribution in [0.2, 0.25) is 5.02 Å². The van der Waals surface area contributed by atoms with Crippen molar-refractivity contribution in [3.8, 4) is 0 Å². The highest BCUT2D eigenvalue weighted by Gasteiger charge is 2.51. The van der Waals surface area contributed by atoms with Crippen LogP contribution < -0.4 is 16.2 Å². The predicted molar refractivity (Wildman–Crippen MR) is 144 cm³/mol. The van der Waals surface area contributed by atoms with Crippen molar-refractivity contribution in [2.75, 3.05) is 0 Å². The second-order valence-corrected chi connectivity index (χ2v) is 9.66. The Bertz CT molecular complexity index is 1430. The minimum absolute atomic E-state index is 0.0919. The third kappa shape index (κ3) is 4.54. The number of carbonyl (C=O) groups excluding carboxylic acids is 4. The smallest absolute Gasteiger partial charge is 0.348 e. The molecule has 180 valence electrons. The number of halogens is 3. The number of alkyl halides is 2. The zero-order valence-corrected chi connectivity index (χ0v) is 20.8. The van der Waals surface area contributed by atoms with Crippen molar-refractivity contribution in [3.63, 3.8) is 0 Å². The molecule has 2 aromatic rings. The van der Waals surface area contributed by atoms with E-state index in [4.69, 9.17) is 66.7 Å². The standard InChI is InChI=1S/C22H11B7ClF2N3O4/c23-15-11(22(27,28)35(29)19(39)20(31,32)8-1-3-9(30)4-2-8)7-10-14(16(15)24)18(38)34(21(10,25)26)12-5-6-13(36)33-17(12)37/h1-4,7,12H,5-6H2,(H,33,36,37). The molecule has 1 N–H and O–H groups in total. The van der Waals surface area contributed by atoms with Crippen molar-refractivity contribution in [2.24, 2.45) is 0 Å². The molecule has 2 aromatic carbocycles. The van der Waals surface area contributed by atoms with Crippen molar-refractivity contribution in [2.45, 2.75) is 35.5 Å². The summed E-state index contributed by atoms with van der Waals surface area (Å²) < 4.78 is 30.1. The van der Waals surface area contributed by atoms with E-state index >= 15 is 8.78 Å². The Morgan fingerprint density at radius 2 is 1.69 bits per heavy atom. The Kier molecular flexibility index (Phi) is 7.20. The normalized spacial score (nSPS) is 19.0. The molecule has 0 bridgehead atoms. The van der Waals surface area contributed by atoms with Crippen LogP contribution in [0.15, 0.2) is 30.3 Å². The minimum Gasteiger partial charge on any atom is -0.398 e. The fourth-order valence-electron chi connectivity index (χ4n) is 4.57. The Hall–Kier alpha value is -2.88. The van der Waals surface area contributed by atoms with Gasteiger partial charge in [-0.2, -0.15) is 8.78 Å². The Labute approximate surface area is 237 Å². The first-order valence-electron chi connectivity index (χ1n) is 11.2. The fraction of sp³-hybridized carbons (Fsp3) is 0.273. The van der Waals surface area contributed by atoms with Crippen LogP contribution in [0.3, 0.4) is 0 Å². The van der Waals surface area contributed by atoms with E-state index in [1.165, 1.54) is 0 Å². The largest absolute Gasteiger partial charge is 0.398 e. The van der Waals surface area contributed by atoms with Crippen LogP contribution in [0.4, 0.5) is 8.78 Å². The van der Waals surface area contributed by atoms with E-state index in [2.05, 4.69) is 5.32 Å². The molecule has 1 fully saturated rings. The van der Waals surface area contributed by atoms with E-state index in [-0.39, 0.29) is 33.8 Å². The van der Waals surface area contributed by atoms with Crippen LogP contribution in [-0.4, -0.2) is 94.4 Å². The maximum absolute atomic E-state index is 15.0. The van der Waals surface area contributed by atoms with Crippen molar-refractivity contribution in [1.82, 2.24) is 15.0 Å². The lowest BCUT2D eigenvalue weighted by Crippen LogP contribution is -2.59. The number of hydrogen-bond donors (Lipinski definition) is 1. The summed E-state index contributed by atoms with van der Waals surface area (Å²) in [5, 5.41) is -2.72. The van der Waals surface area contributed by atoms with E-state index in [9.17, 15) is 19.2 Å². The molecule has 39 heavy (non-hydrogen) atoms. The molecular formula is C22H11B7ClF2N3O4. The van der Waals surface area contributed by atoms with Gasteiger partial charge in [-0.25, -0.2) is 0 Å². The number of amides is 4. The summed E-state index contributed by atoms with van der Waals surface area (Å²) in [6.07, 6.45) is -0.193. The SMILES string of the molecule is [B]c1c(C([B])([B])N([B])C(=O)C(F)(F)c2ccc(Cl)cc2)cc2c(c1[B])C(=O)N(C1CCC(=O)NC1=O)C2([B])[B]. The molecule has 2 aliphatic heterocycles. The summed E-state index contributed by atoms with van der Waals surface area (Å²) in [5.41, 5.74) is -2.69. The average molecular weight is 530 g/mol. The number of nitrogens with zero attached hydrogens (tertiary/aromatic N) is 2. The first kappa shape index (κ1) is 29.1. The average Bonchev–Trinajstić information content (AvgIpc) is 3.05. The van der Waals surface area contributed by atoms with Crippen LogP contribution in [-0.2, 0) is 31.0 Å². The third-order valence-electron chi connectivity index (χ3n) is 6.72. The third-order valence-corrected chi connectivity index (χ3v) is 6.97. The highest BCUT2D eigenvalue weighted by Crippen LogP contribution is 2.39. The van der Waals surface area contributed by atoms with E-state index in [1.807, 2.05) is 0 Å². The lowest BCUT2D eigenvalue weighted by atomic mass is 9.50. The number of hydrogen-bond acceptors (Lipinski definition) is 4. The molecule has 17 heteroatoms. The quantitative estimate of drug-likeness (QED) is 0.351. The van der Waals surface area contributed by atoms with Gasteiger partial charge in [0, 0.05) is 22.6 Å². The highest BCUT2D eigenvalue weighted by molar-refractivity contribution is 6.55.